The lowest BCUT2D eigenvalue weighted by Gasteiger charge is -2.08. The molecule has 0 bridgehead atoms. The van der Waals surface area contributed by atoms with Gasteiger partial charge < -0.3 is 15.2 Å². The summed E-state index contributed by atoms with van der Waals surface area (Å²) in [6, 6.07) is 8.54. The van der Waals surface area contributed by atoms with Crippen LogP contribution in [0.5, 0.6) is 11.5 Å². The predicted octanol–water partition coefficient (Wildman–Crippen LogP) is 4.23. The highest BCUT2D eigenvalue weighted by Gasteiger charge is 2.09. The minimum absolute atomic E-state index is 0.0123. The van der Waals surface area contributed by atoms with Gasteiger partial charge in [-0.2, -0.15) is 5.10 Å². The second kappa shape index (κ2) is 11.0. The van der Waals surface area contributed by atoms with Gasteiger partial charge >= 0.3 is 0 Å². The number of ether oxygens (including phenoxy) is 1. The Balaban J connectivity index is 1.83. The first-order chi connectivity index (χ1) is 13.8. The van der Waals surface area contributed by atoms with E-state index in [1.54, 1.807) is 30.3 Å². The van der Waals surface area contributed by atoms with Crippen molar-refractivity contribution in [2.24, 2.45) is 5.10 Å². The molecule has 0 unspecified atom stereocenters. The number of anilines is 1. The molecule has 0 radical (unpaired) electrons. The fraction of sp³-hybridized carbons (Fsp3) is 0.250. The van der Waals surface area contributed by atoms with Crippen molar-refractivity contribution in [3.63, 3.8) is 0 Å². The summed E-state index contributed by atoms with van der Waals surface area (Å²) in [4.78, 5) is 23.9. The first-order valence-electron chi connectivity index (χ1n) is 8.83. The molecule has 2 rings (SSSR count). The molecule has 0 saturated carbocycles. The summed E-state index contributed by atoms with van der Waals surface area (Å²) in [7, 11) is 0. The Morgan fingerprint density at radius 2 is 1.97 bits per heavy atom. The lowest BCUT2D eigenvalue weighted by Crippen LogP contribution is -2.20. The lowest BCUT2D eigenvalue weighted by atomic mass is 10.2. The Morgan fingerprint density at radius 3 is 2.66 bits per heavy atom. The monoisotopic (exact) mass is 529 g/mol. The molecule has 29 heavy (non-hydrogen) atoms. The summed E-state index contributed by atoms with van der Waals surface area (Å²) in [5.74, 6) is -0.273. The average Bonchev–Trinajstić information content (AvgIpc) is 2.67. The number of amides is 2. The number of aryl methyl sites for hydroxylation is 1. The zero-order valence-corrected chi connectivity index (χ0v) is 18.9. The van der Waals surface area contributed by atoms with Gasteiger partial charge in [-0.3, -0.25) is 9.59 Å². The second-order valence-electron chi connectivity index (χ2n) is 6.09. The zero-order valence-electron chi connectivity index (χ0n) is 16.0. The Morgan fingerprint density at radius 1 is 1.24 bits per heavy atom. The molecule has 0 aliphatic heterocycles. The number of benzene rings is 2. The van der Waals surface area contributed by atoms with E-state index in [2.05, 4.69) is 15.8 Å². The van der Waals surface area contributed by atoms with Crippen LogP contribution in [-0.4, -0.2) is 29.7 Å². The van der Waals surface area contributed by atoms with E-state index < -0.39 is 5.91 Å². The number of phenolic OH excluding ortho intramolecular Hbond substituents is 1. The summed E-state index contributed by atoms with van der Waals surface area (Å²) in [5.41, 5.74) is 4.53. The van der Waals surface area contributed by atoms with E-state index in [4.69, 9.17) is 16.3 Å². The van der Waals surface area contributed by atoms with Gasteiger partial charge in [-0.1, -0.05) is 17.7 Å². The molecular weight excluding hydrogens is 509 g/mol. The van der Waals surface area contributed by atoms with Crippen LogP contribution in [0.4, 0.5) is 5.69 Å². The summed E-state index contributed by atoms with van der Waals surface area (Å²) >= 11 is 8.01. The average molecular weight is 530 g/mol. The number of hydrazone groups is 1. The Labute approximate surface area is 187 Å². The molecule has 2 aromatic rings. The van der Waals surface area contributed by atoms with Crippen LogP contribution in [0, 0.1) is 10.5 Å². The van der Waals surface area contributed by atoms with Crippen LogP contribution in [0.2, 0.25) is 5.02 Å². The van der Waals surface area contributed by atoms with Crippen molar-refractivity contribution in [3.8, 4) is 11.5 Å². The molecule has 0 heterocycles. The van der Waals surface area contributed by atoms with Crippen molar-refractivity contribution in [1.82, 2.24) is 5.43 Å². The minimum Gasteiger partial charge on any atom is -0.504 e. The fourth-order valence-corrected chi connectivity index (χ4v) is 3.10. The van der Waals surface area contributed by atoms with Gasteiger partial charge in [0.25, 0.3) is 0 Å². The van der Waals surface area contributed by atoms with E-state index >= 15 is 0 Å². The molecule has 2 aromatic carbocycles. The number of rotatable bonds is 8. The molecule has 0 spiro atoms. The number of carbonyl (C=O) groups excluding carboxylic acids is 2. The summed E-state index contributed by atoms with van der Waals surface area (Å²) in [5, 5.41) is 17.1. The van der Waals surface area contributed by atoms with Crippen LogP contribution < -0.4 is 15.5 Å². The Bertz CT molecular complexity index is 934. The molecule has 154 valence electrons. The smallest absolute Gasteiger partial charge is 0.240 e. The highest BCUT2D eigenvalue weighted by atomic mass is 127. The van der Waals surface area contributed by atoms with Crippen LogP contribution in [0.1, 0.15) is 30.9 Å². The van der Waals surface area contributed by atoms with Gasteiger partial charge in [-0.25, -0.2) is 5.43 Å². The molecule has 0 aliphatic rings. The van der Waals surface area contributed by atoms with E-state index in [0.29, 0.717) is 32.2 Å². The molecule has 2 amide bonds. The van der Waals surface area contributed by atoms with Gasteiger partial charge in [0, 0.05) is 23.6 Å². The third kappa shape index (κ3) is 7.21. The molecule has 9 heteroatoms. The molecule has 0 fully saturated rings. The van der Waals surface area contributed by atoms with Gasteiger partial charge in [0.15, 0.2) is 11.5 Å². The maximum Gasteiger partial charge on any atom is 0.240 e. The van der Waals surface area contributed by atoms with Gasteiger partial charge in [0.1, 0.15) is 0 Å². The van der Waals surface area contributed by atoms with Crippen molar-refractivity contribution >= 4 is 57.9 Å². The number of hydrogen-bond acceptors (Lipinski definition) is 5. The first-order valence-corrected chi connectivity index (χ1v) is 10.3. The predicted molar refractivity (Wildman–Crippen MR) is 122 cm³/mol. The van der Waals surface area contributed by atoms with Gasteiger partial charge in [-0.05, 0) is 71.8 Å². The van der Waals surface area contributed by atoms with Crippen LogP contribution in [0.15, 0.2) is 35.4 Å². The maximum atomic E-state index is 12.0. The maximum absolute atomic E-state index is 12.0. The minimum atomic E-state index is -0.392. The molecule has 3 N–H and O–H groups in total. The van der Waals surface area contributed by atoms with Crippen LogP contribution in [0.25, 0.3) is 0 Å². The largest absolute Gasteiger partial charge is 0.504 e. The van der Waals surface area contributed by atoms with E-state index in [9.17, 15) is 14.7 Å². The lowest BCUT2D eigenvalue weighted by molar-refractivity contribution is -0.124. The van der Waals surface area contributed by atoms with Crippen molar-refractivity contribution in [2.45, 2.75) is 26.7 Å². The fourth-order valence-electron chi connectivity index (χ4n) is 2.29. The Kier molecular flexibility index (Phi) is 8.71. The summed E-state index contributed by atoms with van der Waals surface area (Å²) < 4.78 is 5.96. The first kappa shape index (κ1) is 23.0. The quantitative estimate of drug-likeness (QED) is 0.271. The normalized spacial score (nSPS) is 10.8. The van der Waals surface area contributed by atoms with Gasteiger partial charge in [0.05, 0.1) is 16.4 Å². The molecular formula is C20H21ClIN3O4. The van der Waals surface area contributed by atoms with Gasteiger partial charge in [-0.15, -0.1) is 0 Å². The topological polar surface area (TPSA) is 100 Å². The van der Waals surface area contributed by atoms with E-state index in [1.807, 2.05) is 36.4 Å². The van der Waals surface area contributed by atoms with Crippen molar-refractivity contribution in [2.75, 3.05) is 11.9 Å². The number of halogens is 2. The van der Waals surface area contributed by atoms with Crippen LogP contribution >= 0.6 is 34.2 Å². The van der Waals surface area contributed by atoms with E-state index in [1.165, 1.54) is 6.21 Å². The molecule has 0 aliphatic carbocycles. The zero-order chi connectivity index (χ0) is 21.4. The third-order valence-electron chi connectivity index (χ3n) is 3.79. The van der Waals surface area contributed by atoms with E-state index in [0.717, 1.165) is 5.56 Å². The van der Waals surface area contributed by atoms with Crippen LogP contribution in [0.3, 0.4) is 0 Å². The number of nitrogens with one attached hydrogen (secondary N) is 2. The standard InChI is InChI=1S/C20H21ClIN3O4/c1-3-29-17-9-13(8-16(22)20(17)28)11-23-25-19(27)7-6-18(26)24-14-5-4-12(2)15(21)10-14/h4-5,8-11,28H,3,6-7H2,1-2H3,(H,24,26)(H,25,27). The number of carbonyl (C=O) groups is 2. The van der Waals surface area contributed by atoms with Crippen molar-refractivity contribution in [3.05, 3.63) is 50.1 Å². The van der Waals surface area contributed by atoms with Crippen molar-refractivity contribution in [1.29, 1.82) is 0 Å². The summed E-state index contributed by atoms with van der Waals surface area (Å²) in [6.45, 7) is 4.10. The SMILES string of the molecule is CCOc1cc(C=NNC(=O)CCC(=O)Nc2ccc(C)c(Cl)c2)cc(I)c1O. The highest BCUT2D eigenvalue weighted by molar-refractivity contribution is 14.1. The second-order valence-corrected chi connectivity index (χ2v) is 7.66. The summed E-state index contributed by atoms with van der Waals surface area (Å²) in [6.07, 6.45) is 1.44. The molecule has 0 atom stereocenters. The number of aromatic hydroxyl groups is 1. The van der Waals surface area contributed by atoms with Crippen LogP contribution in [-0.2, 0) is 9.59 Å². The number of phenols is 1. The van der Waals surface area contributed by atoms with Gasteiger partial charge in [0.2, 0.25) is 11.8 Å². The molecule has 0 saturated heterocycles. The van der Waals surface area contributed by atoms with Crippen molar-refractivity contribution < 1.29 is 19.4 Å². The molecule has 7 nitrogen and oxygen atoms in total. The van der Waals surface area contributed by atoms with E-state index in [-0.39, 0.29) is 24.5 Å². The Hall–Kier alpha value is -2.33. The number of nitrogens with zero attached hydrogens (tertiary/aromatic N) is 1. The molecule has 0 aromatic heterocycles. The highest BCUT2D eigenvalue weighted by Crippen LogP contribution is 2.32. The number of hydrogen-bond donors (Lipinski definition) is 3. The third-order valence-corrected chi connectivity index (χ3v) is 5.02.